The normalized spacial score (nSPS) is 25.7. The second kappa shape index (κ2) is 5.86. The van der Waals surface area contributed by atoms with E-state index in [1.54, 1.807) is 12.0 Å². The van der Waals surface area contributed by atoms with E-state index < -0.39 is 11.9 Å². The van der Waals surface area contributed by atoms with Crippen molar-refractivity contribution in [3.8, 4) is 0 Å². The molecule has 0 aromatic rings. The molecule has 1 aliphatic heterocycles. The number of amides is 2. The van der Waals surface area contributed by atoms with Gasteiger partial charge in [0, 0.05) is 26.7 Å². The smallest absolute Gasteiger partial charge is 0.317 e. The van der Waals surface area contributed by atoms with E-state index in [1.165, 1.54) is 0 Å². The van der Waals surface area contributed by atoms with E-state index in [2.05, 4.69) is 5.32 Å². The highest BCUT2D eigenvalue weighted by atomic mass is 16.5. The molecular formula is C11H20N2O4. The van der Waals surface area contributed by atoms with Crippen LogP contribution in [0.25, 0.3) is 0 Å². The number of rotatable bonds is 4. The highest BCUT2D eigenvalue weighted by molar-refractivity contribution is 5.77. The molecule has 17 heavy (non-hydrogen) atoms. The van der Waals surface area contributed by atoms with E-state index in [1.807, 2.05) is 13.8 Å². The van der Waals surface area contributed by atoms with Crippen LogP contribution in [0.15, 0.2) is 0 Å². The van der Waals surface area contributed by atoms with Crippen molar-refractivity contribution in [1.29, 1.82) is 0 Å². The van der Waals surface area contributed by atoms with Crippen LogP contribution in [0, 0.1) is 11.8 Å². The van der Waals surface area contributed by atoms with Crippen LogP contribution in [0.5, 0.6) is 0 Å². The van der Waals surface area contributed by atoms with E-state index in [-0.39, 0.29) is 24.6 Å². The first-order valence-electron chi connectivity index (χ1n) is 5.74. The van der Waals surface area contributed by atoms with Crippen molar-refractivity contribution in [3.05, 3.63) is 0 Å². The van der Waals surface area contributed by atoms with E-state index in [4.69, 9.17) is 9.84 Å². The lowest BCUT2D eigenvalue weighted by molar-refractivity contribution is -0.142. The number of hydrogen-bond donors (Lipinski definition) is 2. The number of nitrogens with zero attached hydrogens (tertiary/aromatic N) is 1. The zero-order chi connectivity index (χ0) is 13.0. The predicted octanol–water partition coefficient (Wildman–Crippen LogP) is 0.383. The average molecular weight is 244 g/mol. The summed E-state index contributed by atoms with van der Waals surface area (Å²) < 4.78 is 5.02. The van der Waals surface area contributed by atoms with E-state index in [0.29, 0.717) is 13.1 Å². The quantitative estimate of drug-likeness (QED) is 0.749. The number of hydrogen-bond acceptors (Lipinski definition) is 3. The number of nitrogens with one attached hydrogen (secondary N) is 1. The maximum absolute atomic E-state index is 11.7. The number of urea groups is 1. The standard InChI is InChI=1S/C11H20N2O4/c1-7-5-13(6-9(7)10(14)15)11(16)12-4-8(2)17-3/h7-9H,4-6H2,1-3H3,(H,12,16)(H,14,15)/t7-,8?,9-/m1/s1. The Morgan fingerprint density at radius 2 is 2.18 bits per heavy atom. The molecular weight excluding hydrogens is 224 g/mol. The maximum Gasteiger partial charge on any atom is 0.317 e. The molecule has 2 N–H and O–H groups in total. The van der Waals surface area contributed by atoms with Gasteiger partial charge in [-0.15, -0.1) is 0 Å². The summed E-state index contributed by atoms with van der Waals surface area (Å²) >= 11 is 0. The Kier molecular flexibility index (Phi) is 4.74. The lowest BCUT2D eigenvalue weighted by Gasteiger charge is -2.18. The average Bonchev–Trinajstić information content (AvgIpc) is 2.67. The Morgan fingerprint density at radius 1 is 1.53 bits per heavy atom. The summed E-state index contributed by atoms with van der Waals surface area (Å²) in [6, 6.07) is -0.218. The third kappa shape index (κ3) is 3.59. The van der Waals surface area contributed by atoms with Crippen LogP contribution in [-0.2, 0) is 9.53 Å². The van der Waals surface area contributed by atoms with Gasteiger partial charge in [0.15, 0.2) is 0 Å². The fourth-order valence-electron chi connectivity index (χ4n) is 1.88. The topological polar surface area (TPSA) is 78.9 Å². The number of carbonyl (C=O) groups is 2. The minimum Gasteiger partial charge on any atom is -0.481 e. The van der Waals surface area contributed by atoms with Crippen LogP contribution < -0.4 is 5.32 Å². The molecule has 1 unspecified atom stereocenters. The van der Waals surface area contributed by atoms with Crippen molar-refractivity contribution in [2.75, 3.05) is 26.7 Å². The molecule has 6 heteroatoms. The van der Waals surface area contributed by atoms with Crippen molar-refractivity contribution in [2.45, 2.75) is 20.0 Å². The van der Waals surface area contributed by atoms with Crippen LogP contribution in [0.4, 0.5) is 4.79 Å². The summed E-state index contributed by atoms with van der Waals surface area (Å²) in [5.41, 5.74) is 0. The molecule has 1 aliphatic rings. The van der Waals surface area contributed by atoms with E-state index in [9.17, 15) is 9.59 Å². The zero-order valence-electron chi connectivity index (χ0n) is 10.5. The number of carbonyl (C=O) groups excluding carboxylic acids is 1. The van der Waals surface area contributed by atoms with Gasteiger partial charge in [0.25, 0.3) is 0 Å². The molecule has 2 amide bonds. The number of carboxylic acids is 1. The number of ether oxygens (including phenoxy) is 1. The molecule has 0 aliphatic carbocycles. The summed E-state index contributed by atoms with van der Waals surface area (Å²) in [6.07, 6.45) is -0.0470. The van der Waals surface area contributed by atoms with Gasteiger partial charge < -0.3 is 20.1 Å². The molecule has 1 rings (SSSR count). The fraction of sp³-hybridized carbons (Fsp3) is 0.818. The molecule has 1 fully saturated rings. The first-order chi connectivity index (χ1) is 7.95. The molecule has 0 spiro atoms. The van der Waals surface area contributed by atoms with Gasteiger partial charge in [-0.3, -0.25) is 4.79 Å². The van der Waals surface area contributed by atoms with Crippen molar-refractivity contribution in [1.82, 2.24) is 10.2 Å². The highest BCUT2D eigenvalue weighted by Crippen LogP contribution is 2.22. The summed E-state index contributed by atoms with van der Waals surface area (Å²) in [7, 11) is 1.58. The Labute approximate surface area is 101 Å². The number of carboxylic acid groups (broad SMARTS) is 1. The van der Waals surface area contributed by atoms with Crippen molar-refractivity contribution < 1.29 is 19.4 Å². The Morgan fingerprint density at radius 3 is 2.65 bits per heavy atom. The third-order valence-electron chi connectivity index (χ3n) is 3.16. The molecule has 1 saturated heterocycles. The molecule has 0 radical (unpaired) electrons. The summed E-state index contributed by atoms with van der Waals surface area (Å²) in [6.45, 7) is 4.91. The molecule has 0 aromatic carbocycles. The molecule has 0 aromatic heterocycles. The molecule has 98 valence electrons. The van der Waals surface area contributed by atoms with E-state index in [0.717, 1.165) is 0 Å². The van der Waals surface area contributed by atoms with Crippen LogP contribution >= 0.6 is 0 Å². The molecule has 1 heterocycles. The first-order valence-corrected chi connectivity index (χ1v) is 5.74. The van der Waals surface area contributed by atoms with Crippen molar-refractivity contribution in [3.63, 3.8) is 0 Å². The molecule has 6 nitrogen and oxygen atoms in total. The highest BCUT2D eigenvalue weighted by Gasteiger charge is 2.36. The second-order valence-electron chi connectivity index (χ2n) is 4.56. The van der Waals surface area contributed by atoms with Gasteiger partial charge >= 0.3 is 12.0 Å². The number of likely N-dealkylation sites (tertiary alicyclic amines) is 1. The molecule has 0 saturated carbocycles. The molecule has 0 bridgehead atoms. The Hall–Kier alpha value is -1.30. The Balaban J connectivity index is 2.42. The predicted molar refractivity (Wildman–Crippen MR) is 61.7 cm³/mol. The van der Waals surface area contributed by atoms with Crippen molar-refractivity contribution >= 4 is 12.0 Å². The van der Waals surface area contributed by atoms with Crippen LogP contribution in [-0.4, -0.2) is 54.9 Å². The minimum atomic E-state index is -0.835. The third-order valence-corrected chi connectivity index (χ3v) is 3.16. The fourth-order valence-corrected chi connectivity index (χ4v) is 1.88. The first kappa shape index (κ1) is 13.8. The van der Waals surface area contributed by atoms with Crippen LogP contribution in [0.2, 0.25) is 0 Å². The van der Waals surface area contributed by atoms with Crippen LogP contribution in [0.1, 0.15) is 13.8 Å². The Bertz CT molecular complexity index is 295. The monoisotopic (exact) mass is 244 g/mol. The summed E-state index contributed by atoms with van der Waals surface area (Å²) in [4.78, 5) is 24.2. The number of aliphatic carboxylic acids is 1. The van der Waals surface area contributed by atoms with Gasteiger partial charge in [0.1, 0.15) is 0 Å². The van der Waals surface area contributed by atoms with E-state index >= 15 is 0 Å². The van der Waals surface area contributed by atoms with Gasteiger partial charge in [-0.05, 0) is 12.8 Å². The SMILES string of the molecule is COC(C)CNC(=O)N1C[C@@H](C)[C@H](C(=O)O)C1. The second-order valence-corrected chi connectivity index (χ2v) is 4.56. The zero-order valence-corrected chi connectivity index (χ0v) is 10.5. The largest absolute Gasteiger partial charge is 0.481 e. The van der Waals surface area contributed by atoms with Gasteiger partial charge in [0.2, 0.25) is 0 Å². The van der Waals surface area contributed by atoms with Gasteiger partial charge in [-0.2, -0.15) is 0 Å². The van der Waals surface area contributed by atoms with Gasteiger partial charge in [-0.1, -0.05) is 6.92 Å². The molecule has 3 atom stereocenters. The summed E-state index contributed by atoms with van der Waals surface area (Å²) in [5.74, 6) is -1.29. The number of methoxy groups -OCH3 is 1. The van der Waals surface area contributed by atoms with Gasteiger partial charge in [-0.25, -0.2) is 4.79 Å². The lowest BCUT2D eigenvalue weighted by Crippen LogP contribution is -2.42. The van der Waals surface area contributed by atoms with Gasteiger partial charge in [0.05, 0.1) is 12.0 Å². The summed E-state index contributed by atoms with van der Waals surface area (Å²) in [5, 5.41) is 11.7. The van der Waals surface area contributed by atoms with Crippen LogP contribution in [0.3, 0.4) is 0 Å². The maximum atomic E-state index is 11.7. The van der Waals surface area contributed by atoms with Crippen molar-refractivity contribution in [2.24, 2.45) is 11.8 Å². The minimum absolute atomic E-state index is 0.00176. The lowest BCUT2D eigenvalue weighted by atomic mass is 9.99.